The van der Waals surface area contributed by atoms with E-state index in [1.807, 2.05) is 4.90 Å². The predicted molar refractivity (Wildman–Crippen MR) is 86.3 cm³/mol. The number of hydrogen-bond acceptors (Lipinski definition) is 1. The Kier molecular flexibility index (Phi) is 3.75. The first-order valence-electron chi connectivity index (χ1n) is 7.88. The zero-order valence-corrected chi connectivity index (χ0v) is 13.2. The summed E-state index contributed by atoms with van der Waals surface area (Å²) < 4.78 is 2.19. The van der Waals surface area contributed by atoms with E-state index in [4.69, 9.17) is 0 Å². The molecule has 0 N–H and O–H groups in total. The van der Waals surface area contributed by atoms with Gasteiger partial charge in [0.15, 0.2) is 0 Å². The van der Waals surface area contributed by atoms with Gasteiger partial charge in [-0.2, -0.15) is 0 Å². The highest BCUT2D eigenvalue weighted by Gasteiger charge is 2.22. The smallest absolute Gasteiger partial charge is 0.227 e. The Balaban J connectivity index is 1.85. The number of aryl methyl sites for hydroxylation is 1. The Morgan fingerprint density at radius 2 is 1.90 bits per heavy atom. The van der Waals surface area contributed by atoms with Gasteiger partial charge in [0.05, 0.1) is 6.42 Å². The Hall–Kier alpha value is -1.77. The molecule has 1 aliphatic heterocycles. The van der Waals surface area contributed by atoms with E-state index < -0.39 is 0 Å². The lowest BCUT2D eigenvalue weighted by Crippen LogP contribution is -2.38. The molecule has 21 heavy (non-hydrogen) atoms. The maximum atomic E-state index is 12.6. The molecule has 1 aromatic carbocycles. The van der Waals surface area contributed by atoms with E-state index in [1.54, 1.807) is 0 Å². The van der Waals surface area contributed by atoms with Crippen molar-refractivity contribution in [2.75, 3.05) is 13.1 Å². The summed E-state index contributed by atoms with van der Waals surface area (Å²) in [5.74, 6) is 1.04. The molecule has 0 spiro atoms. The average Bonchev–Trinajstić information content (AvgIpc) is 2.73. The first-order valence-corrected chi connectivity index (χ1v) is 7.88. The number of carbonyl (C=O) groups is 1. The number of hydrogen-bond donors (Lipinski definition) is 0. The average molecular weight is 284 g/mol. The molecule has 0 saturated carbocycles. The number of aromatic nitrogens is 1. The van der Waals surface area contributed by atoms with E-state index in [0.29, 0.717) is 6.42 Å². The Labute approximate surface area is 126 Å². The van der Waals surface area contributed by atoms with Gasteiger partial charge in [-0.25, -0.2) is 0 Å². The minimum Gasteiger partial charge on any atom is -0.348 e. The van der Waals surface area contributed by atoms with Crippen LogP contribution in [0.25, 0.3) is 10.9 Å². The van der Waals surface area contributed by atoms with E-state index in [2.05, 4.69) is 49.7 Å². The van der Waals surface area contributed by atoms with Crippen molar-refractivity contribution in [1.29, 1.82) is 0 Å². The molecule has 3 nitrogen and oxygen atoms in total. The highest BCUT2D eigenvalue weighted by molar-refractivity contribution is 5.90. The minimum atomic E-state index is 0.279. The molecule has 2 heterocycles. The molecule has 0 atom stereocenters. The molecule has 3 heteroatoms. The molecule has 2 aromatic rings. The van der Waals surface area contributed by atoms with Crippen LogP contribution < -0.4 is 0 Å². The SMILES string of the molecule is Cc1c(CC(=O)N2CCC(C)CC2)c2ccccc2n1C. The van der Waals surface area contributed by atoms with Gasteiger partial charge in [0.1, 0.15) is 0 Å². The fourth-order valence-electron chi connectivity index (χ4n) is 3.34. The lowest BCUT2D eigenvalue weighted by Gasteiger charge is -2.30. The Bertz CT molecular complexity index is 663. The van der Waals surface area contributed by atoms with Gasteiger partial charge in [-0.05, 0) is 37.3 Å². The van der Waals surface area contributed by atoms with Crippen LogP contribution in [0.4, 0.5) is 0 Å². The van der Waals surface area contributed by atoms with E-state index in [-0.39, 0.29) is 5.91 Å². The van der Waals surface area contributed by atoms with E-state index >= 15 is 0 Å². The monoisotopic (exact) mass is 284 g/mol. The second-order valence-electron chi connectivity index (χ2n) is 6.38. The van der Waals surface area contributed by atoms with Crippen LogP contribution in [0.1, 0.15) is 31.0 Å². The van der Waals surface area contributed by atoms with Crippen molar-refractivity contribution in [3.63, 3.8) is 0 Å². The van der Waals surface area contributed by atoms with Crippen LogP contribution in [0.5, 0.6) is 0 Å². The minimum absolute atomic E-state index is 0.279. The van der Waals surface area contributed by atoms with Crippen LogP contribution in [-0.4, -0.2) is 28.5 Å². The normalized spacial score (nSPS) is 16.6. The maximum absolute atomic E-state index is 12.6. The number of piperidine rings is 1. The molecule has 0 radical (unpaired) electrons. The third-order valence-corrected chi connectivity index (χ3v) is 4.99. The van der Waals surface area contributed by atoms with E-state index in [9.17, 15) is 4.79 Å². The molecular formula is C18H24N2O. The molecule has 1 aliphatic rings. The van der Waals surface area contributed by atoms with Crippen molar-refractivity contribution in [3.05, 3.63) is 35.5 Å². The quantitative estimate of drug-likeness (QED) is 0.830. The molecule has 0 unspecified atom stereocenters. The summed E-state index contributed by atoms with van der Waals surface area (Å²) in [6, 6.07) is 8.36. The summed E-state index contributed by atoms with van der Waals surface area (Å²) in [4.78, 5) is 14.6. The molecular weight excluding hydrogens is 260 g/mol. The number of amides is 1. The fraction of sp³-hybridized carbons (Fsp3) is 0.500. The van der Waals surface area contributed by atoms with Crippen molar-refractivity contribution in [1.82, 2.24) is 9.47 Å². The second kappa shape index (κ2) is 5.55. The largest absolute Gasteiger partial charge is 0.348 e. The van der Waals surface area contributed by atoms with Crippen molar-refractivity contribution in [2.24, 2.45) is 13.0 Å². The number of benzene rings is 1. The van der Waals surface area contributed by atoms with Gasteiger partial charge >= 0.3 is 0 Å². The number of carbonyl (C=O) groups excluding carboxylic acids is 1. The maximum Gasteiger partial charge on any atom is 0.227 e. The zero-order valence-electron chi connectivity index (χ0n) is 13.2. The molecule has 112 valence electrons. The highest BCUT2D eigenvalue weighted by Crippen LogP contribution is 2.26. The van der Waals surface area contributed by atoms with Gasteiger partial charge in [-0.3, -0.25) is 4.79 Å². The highest BCUT2D eigenvalue weighted by atomic mass is 16.2. The van der Waals surface area contributed by atoms with Gasteiger partial charge in [-0.15, -0.1) is 0 Å². The summed E-state index contributed by atoms with van der Waals surface area (Å²) >= 11 is 0. The summed E-state index contributed by atoms with van der Waals surface area (Å²) in [5.41, 5.74) is 3.61. The predicted octanol–water partition coefficient (Wildman–Crippen LogP) is 3.29. The summed E-state index contributed by atoms with van der Waals surface area (Å²) in [6.45, 7) is 6.23. The second-order valence-corrected chi connectivity index (χ2v) is 6.38. The van der Waals surface area contributed by atoms with Crippen molar-refractivity contribution < 1.29 is 4.79 Å². The number of nitrogens with zero attached hydrogens (tertiary/aromatic N) is 2. The van der Waals surface area contributed by atoms with Gasteiger partial charge in [0, 0.05) is 36.7 Å². The lowest BCUT2D eigenvalue weighted by atomic mass is 9.98. The Morgan fingerprint density at radius 1 is 1.24 bits per heavy atom. The van der Waals surface area contributed by atoms with Crippen molar-refractivity contribution >= 4 is 16.8 Å². The Morgan fingerprint density at radius 3 is 2.62 bits per heavy atom. The van der Waals surface area contributed by atoms with Gasteiger partial charge in [0.2, 0.25) is 5.91 Å². The zero-order chi connectivity index (χ0) is 15.0. The summed E-state index contributed by atoms with van der Waals surface area (Å²) in [7, 11) is 2.08. The van der Waals surface area contributed by atoms with Crippen molar-refractivity contribution in [3.8, 4) is 0 Å². The molecule has 3 rings (SSSR count). The number of fused-ring (bicyclic) bond motifs is 1. The standard InChI is InChI=1S/C18H24N2O/c1-13-8-10-20(11-9-13)18(21)12-16-14(2)19(3)17-7-5-4-6-15(16)17/h4-7,13H,8-12H2,1-3H3. The van der Waals surface area contributed by atoms with Crippen molar-refractivity contribution in [2.45, 2.75) is 33.1 Å². The third-order valence-electron chi connectivity index (χ3n) is 4.99. The van der Waals surface area contributed by atoms with E-state index in [0.717, 1.165) is 31.8 Å². The van der Waals surface area contributed by atoms with Crippen LogP contribution in [0.2, 0.25) is 0 Å². The summed E-state index contributed by atoms with van der Waals surface area (Å²) in [6.07, 6.45) is 2.81. The number of likely N-dealkylation sites (tertiary alicyclic amines) is 1. The molecule has 0 aliphatic carbocycles. The molecule has 1 saturated heterocycles. The third kappa shape index (κ3) is 2.57. The first-order chi connectivity index (χ1) is 10.1. The van der Waals surface area contributed by atoms with Crippen LogP contribution in [-0.2, 0) is 18.3 Å². The number of rotatable bonds is 2. The lowest BCUT2D eigenvalue weighted by molar-refractivity contribution is -0.131. The van der Waals surface area contributed by atoms with Gasteiger partial charge in [0.25, 0.3) is 0 Å². The first kappa shape index (κ1) is 14.2. The van der Waals surface area contributed by atoms with Gasteiger partial charge < -0.3 is 9.47 Å². The van der Waals surface area contributed by atoms with E-state index in [1.165, 1.54) is 22.2 Å². The van der Waals surface area contributed by atoms with Crippen LogP contribution in [0.3, 0.4) is 0 Å². The van der Waals surface area contributed by atoms with Gasteiger partial charge in [-0.1, -0.05) is 25.1 Å². The topological polar surface area (TPSA) is 25.2 Å². The number of para-hydroxylation sites is 1. The molecule has 0 bridgehead atoms. The fourth-order valence-corrected chi connectivity index (χ4v) is 3.34. The van der Waals surface area contributed by atoms with Crippen LogP contribution >= 0.6 is 0 Å². The molecule has 1 fully saturated rings. The van der Waals surface area contributed by atoms with Crippen LogP contribution in [0.15, 0.2) is 24.3 Å². The summed E-state index contributed by atoms with van der Waals surface area (Å²) in [5, 5.41) is 1.22. The molecule has 1 amide bonds. The molecule has 1 aromatic heterocycles. The van der Waals surface area contributed by atoms with Crippen LogP contribution in [0, 0.1) is 12.8 Å².